The molecule has 1 aromatic heterocycles. The summed E-state index contributed by atoms with van der Waals surface area (Å²) in [6.07, 6.45) is 1.48. The Kier molecular flexibility index (Phi) is 3.52. The Morgan fingerprint density at radius 3 is 2.73 bits per heavy atom. The molecule has 0 saturated carbocycles. The highest BCUT2D eigenvalue weighted by Gasteiger charge is 2.29. The largest absolute Gasteiger partial charge is 0.459 e. The molecule has 0 aliphatic heterocycles. The van der Waals surface area contributed by atoms with Crippen LogP contribution >= 0.6 is 0 Å². The van der Waals surface area contributed by atoms with Gasteiger partial charge in [-0.15, -0.1) is 0 Å². The molecule has 1 rings (SSSR count). The van der Waals surface area contributed by atoms with Crippen LogP contribution in [0.4, 0.5) is 0 Å². The Labute approximate surface area is 89.8 Å². The lowest BCUT2D eigenvalue weighted by Crippen LogP contribution is -2.54. The molecule has 15 heavy (non-hydrogen) atoms. The van der Waals surface area contributed by atoms with Crippen LogP contribution < -0.4 is 11.1 Å². The lowest BCUT2D eigenvalue weighted by atomic mass is 9.88. The fourth-order valence-corrected chi connectivity index (χ4v) is 1.16. The predicted octanol–water partition coefficient (Wildman–Crippen LogP) is 1.38. The van der Waals surface area contributed by atoms with Crippen molar-refractivity contribution >= 4 is 5.91 Å². The molecule has 1 unspecified atom stereocenters. The Balaban J connectivity index is 2.72. The SMILES string of the molecule is CC(C)C(C)(CN)NC(=O)c1ccco1. The lowest BCUT2D eigenvalue weighted by Gasteiger charge is -2.33. The zero-order chi connectivity index (χ0) is 11.5. The van der Waals surface area contributed by atoms with Crippen LogP contribution in [-0.2, 0) is 0 Å². The van der Waals surface area contributed by atoms with E-state index < -0.39 is 5.54 Å². The summed E-state index contributed by atoms with van der Waals surface area (Å²) in [6.45, 7) is 6.38. The molecule has 0 radical (unpaired) electrons. The summed E-state index contributed by atoms with van der Waals surface area (Å²) in [5.74, 6) is 0.360. The summed E-state index contributed by atoms with van der Waals surface area (Å²) < 4.78 is 5.01. The van der Waals surface area contributed by atoms with Crippen molar-refractivity contribution in [3.8, 4) is 0 Å². The first kappa shape index (κ1) is 11.8. The van der Waals surface area contributed by atoms with E-state index in [9.17, 15) is 4.79 Å². The zero-order valence-electron chi connectivity index (χ0n) is 9.41. The van der Waals surface area contributed by atoms with E-state index in [2.05, 4.69) is 5.32 Å². The number of carbonyl (C=O) groups is 1. The Bertz CT molecular complexity index is 319. The van der Waals surface area contributed by atoms with Gasteiger partial charge < -0.3 is 15.5 Å². The Hall–Kier alpha value is -1.29. The molecular formula is C11H18N2O2. The van der Waals surface area contributed by atoms with Gasteiger partial charge >= 0.3 is 0 Å². The van der Waals surface area contributed by atoms with Crippen molar-refractivity contribution in [1.29, 1.82) is 0 Å². The summed E-state index contributed by atoms with van der Waals surface area (Å²) in [6, 6.07) is 3.32. The van der Waals surface area contributed by atoms with Crippen LogP contribution in [0.5, 0.6) is 0 Å². The highest BCUT2D eigenvalue weighted by molar-refractivity contribution is 5.91. The van der Waals surface area contributed by atoms with Gasteiger partial charge in [0.2, 0.25) is 0 Å². The van der Waals surface area contributed by atoms with Gasteiger partial charge in [-0.1, -0.05) is 13.8 Å². The van der Waals surface area contributed by atoms with Gasteiger partial charge in [-0.3, -0.25) is 4.79 Å². The van der Waals surface area contributed by atoms with Crippen molar-refractivity contribution in [3.05, 3.63) is 24.2 Å². The van der Waals surface area contributed by atoms with Gasteiger partial charge in [-0.05, 0) is 25.0 Å². The zero-order valence-corrected chi connectivity index (χ0v) is 9.41. The van der Waals surface area contributed by atoms with E-state index in [0.29, 0.717) is 12.3 Å². The normalized spacial score (nSPS) is 15.0. The molecular weight excluding hydrogens is 192 g/mol. The molecule has 1 aromatic rings. The number of furan rings is 1. The molecule has 84 valence electrons. The molecule has 0 saturated heterocycles. The molecule has 1 amide bonds. The lowest BCUT2D eigenvalue weighted by molar-refractivity contribution is 0.0854. The maximum Gasteiger partial charge on any atom is 0.287 e. The van der Waals surface area contributed by atoms with Gasteiger partial charge in [-0.25, -0.2) is 0 Å². The maximum atomic E-state index is 11.7. The van der Waals surface area contributed by atoms with Crippen molar-refractivity contribution in [2.24, 2.45) is 11.7 Å². The van der Waals surface area contributed by atoms with Gasteiger partial charge in [0.25, 0.3) is 5.91 Å². The van der Waals surface area contributed by atoms with Crippen LogP contribution in [-0.4, -0.2) is 18.0 Å². The van der Waals surface area contributed by atoms with Gasteiger partial charge in [0.15, 0.2) is 5.76 Å². The minimum atomic E-state index is -0.399. The van der Waals surface area contributed by atoms with Crippen LogP contribution in [0.25, 0.3) is 0 Å². The number of carbonyl (C=O) groups excluding carboxylic acids is 1. The van der Waals surface area contributed by atoms with Crippen molar-refractivity contribution in [1.82, 2.24) is 5.32 Å². The van der Waals surface area contributed by atoms with E-state index >= 15 is 0 Å². The van der Waals surface area contributed by atoms with Gasteiger partial charge in [0, 0.05) is 6.54 Å². The second kappa shape index (κ2) is 4.49. The van der Waals surface area contributed by atoms with Crippen LogP contribution in [0, 0.1) is 5.92 Å². The Morgan fingerprint density at radius 1 is 1.67 bits per heavy atom. The number of rotatable bonds is 4. The van der Waals surface area contributed by atoms with E-state index in [1.165, 1.54) is 6.26 Å². The minimum Gasteiger partial charge on any atom is -0.459 e. The summed E-state index contributed by atoms with van der Waals surface area (Å²) in [5.41, 5.74) is 5.27. The maximum absolute atomic E-state index is 11.7. The molecule has 0 spiro atoms. The van der Waals surface area contributed by atoms with Crippen molar-refractivity contribution in [2.75, 3.05) is 6.54 Å². The molecule has 0 aromatic carbocycles. The second-order valence-electron chi connectivity index (χ2n) is 4.21. The molecule has 0 fully saturated rings. The summed E-state index contributed by atoms with van der Waals surface area (Å²) in [5, 5.41) is 2.89. The van der Waals surface area contributed by atoms with Crippen LogP contribution in [0.3, 0.4) is 0 Å². The third-order valence-corrected chi connectivity index (χ3v) is 2.84. The predicted molar refractivity (Wildman–Crippen MR) is 58.5 cm³/mol. The van der Waals surface area contributed by atoms with Crippen molar-refractivity contribution in [2.45, 2.75) is 26.3 Å². The topological polar surface area (TPSA) is 68.3 Å². The summed E-state index contributed by atoms with van der Waals surface area (Å²) in [7, 11) is 0. The molecule has 1 heterocycles. The summed E-state index contributed by atoms with van der Waals surface area (Å²) >= 11 is 0. The second-order valence-corrected chi connectivity index (χ2v) is 4.21. The summed E-state index contributed by atoms with van der Waals surface area (Å²) in [4.78, 5) is 11.7. The average molecular weight is 210 g/mol. The van der Waals surface area contributed by atoms with Crippen LogP contribution in [0.1, 0.15) is 31.3 Å². The van der Waals surface area contributed by atoms with E-state index in [-0.39, 0.29) is 11.8 Å². The van der Waals surface area contributed by atoms with Crippen molar-refractivity contribution in [3.63, 3.8) is 0 Å². The third-order valence-electron chi connectivity index (χ3n) is 2.84. The standard InChI is InChI=1S/C11H18N2O2/c1-8(2)11(3,7-12)13-10(14)9-5-4-6-15-9/h4-6,8H,7,12H2,1-3H3,(H,13,14). The fraction of sp³-hybridized carbons (Fsp3) is 0.545. The van der Waals surface area contributed by atoms with Crippen LogP contribution in [0.15, 0.2) is 22.8 Å². The van der Waals surface area contributed by atoms with Gasteiger partial charge in [0.05, 0.1) is 11.8 Å². The number of nitrogens with two attached hydrogens (primary N) is 1. The third kappa shape index (κ3) is 2.59. The molecule has 3 N–H and O–H groups in total. The molecule has 4 nitrogen and oxygen atoms in total. The Morgan fingerprint density at radius 2 is 2.33 bits per heavy atom. The van der Waals surface area contributed by atoms with E-state index in [0.717, 1.165) is 0 Å². The number of nitrogens with one attached hydrogen (secondary N) is 1. The quantitative estimate of drug-likeness (QED) is 0.789. The number of hydrogen-bond acceptors (Lipinski definition) is 3. The van der Waals surface area contributed by atoms with Gasteiger partial charge in [-0.2, -0.15) is 0 Å². The first-order valence-electron chi connectivity index (χ1n) is 5.05. The first-order valence-corrected chi connectivity index (χ1v) is 5.05. The molecule has 4 heteroatoms. The molecule has 0 aliphatic carbocycles. The first-order chi connectivity index (χ1) is 6.99. The van der Waals surface area contributed by atoms with Gasteiger partial charge in [0.1, 0.15) is 0 Å². The average Bonchev–Trinajstić information content (AvgIpc) is 2.70. The minimum absolute atomic E-state index is 0.221. The van der Waals surface area contributed by atoms with Crippen LogP contribution in [0.2, 0.25) is 0 Å². The van der Waals surface area contributed by atoms with E-state index in [1.807, 2.05) is 20.8 Å². The fourth-order valence-electron chi connectivity index (χ4n) is 1.16. The highest BCUT2D eigenvalue weighted by atomic mass is 16.3. The molecule has 0 aliphatic rings. The van der Waals surface area contributed by atoms with E-state index in [4.69, 9.17) is 10.2 Å². The number of amides is 1. The van der Waals surface area contributed by atoms with E-state index in [1.54, 1.807) is 12.1 Å². The highest BCUT2D eigenvalue weighted by Crippen LogP contribution is 2.15. The smallest absolute Gasteiger partial charge is 0.287 e. The van der Waals surface area contributed by atoms with Crippen molar-refractivity contribution < 1.29 is 9.21 Å². The molecule has 0 bridgehead atoms. The molecule has 1 atom stereocenters. The monoisotopic (exact) mass is 210 g/mol. The number of hydrogen-bond donors (Lipinski definition) is 2.